The third-order valence-corrected chi connectivity index (χ3v) is 4.22. The maximum absolute atomic E-state index is 14.3. The van der Waals surface area contributed by atoms with Crippen molar-refractivity contribution in [1.29, 1.82) is 0 Å². The van der Waals surface area contributed by atoms with Crippen molar-refractivity contribution in [3.8, 4) is 33.5 Å². The number of aromatic nitrogens is 3. The first-order valence-corrected chi connectivity index (χ1v) is 8.21. The van der Waals surface area contributed by atoms with E-state index in [0.717, 1.165) is 12.4 Å². The van der Waals surface area contributed by atoms with Gasteiger partial charge in [0, 0.05) is 11.1 Å². The van der Waals surface area contributed by atoms with E-state index in [-0.39, 0.29) is 16.8 Å². The highest BCUT2D eigenvalue weighted by Crippen LogP contribution is 2.31. The molecule has 138 valence electrons. The van der Waals surface area contributed by atoms with Gasteiger partial charge in [0.1, 0.15) is 11.6 Å². The summed E-state index contributed by atoms with van der Waals surface area (Å²) in [7, 11) is 0. The van der Waals surface area contributed by atoms with Gasteiger partial charge in [0.2, 0.25) is 0 Å². The molecule has 7 heteroatoms. The molecular formula is C21H11F4N3. The van der Waals surface area contributed by atoms with E-state index < -0.39 is 23.3 Å². The van der Waals surface area contributed by atoms with Gasteiger partial charge in [-0.3, -0.25) is 4.98 Å². The van der Waals surface area contributed by atoms with Gasteiger partial charge in [-0.05, 0) is 41.5 Å². The van der Waals surface area contributed by atoms with Crippen LogP contribution < -0.4 is 0 Å². The Hall–Kier alpha value is -3.61. The summed E-state index contributed by atoms with van der Waals surface area (Å²) in [5.41, 5.74) is 1.45. The zero-order valence-corrected chi connectivity index (χ0v) is 14.2. The van der Waals surface area contributed by atoms with Gasteiger partial charge in [-0.1, -0.05) is 18.2 Å². The summed E-state index contributed by atoms with van der Waals surface area (Å²) < 4.78 is 55.4. The van der Waals surface area contributed by atoms with E-state index in [4.69, 9.17) is 0 Å². The third kappa shape index (κ3) is 3.34. The van der Waals surface area contributed by atoms with Crippen LogP contribution in [0.1, 0.15) is 0 Å². The third-order valence-electron chi connectivity index (χ3n) is 4.22. The Balaban J connectivity index is 1.80. The van der Waals surface area contributed by atoms with Gasteiger partial charge in [-0.2, -0.15) is 10.2 Å². The van der Waals surface area contributed by atoms with Crippen LogP contribution in [0.3, 0.4) is 0 Å². The second kappa shape index (κ2) is 7.19. The van der Waals surface area contributed by atoms with Crippen molar-refractivity contribution in [3.63, 3.8) is 0 Å². The Labute approximate surface area is 157 Å². The minimum atomic E-state index is -0.863. The Morgan fingerprint density at radius 2 is 1.29 bits per heavy atom. The standard InChI is InChI=1S/C21H11F4N3/c22-15-4-1-12(2-5-15)16-7-13(3-6-17(16)23)14-8-20(28-27-9-14)21-18(24)10-26-11-19(21)25/h1-11H. The number of rotatable bonds is 3. The highest BCUT2D eigenvalue weighted by atomic mass is 19.1. The van der Waals surface area contributed by atoms with E-state index >= 15 is 0 Å². The molecule has 0 amide bonds. The largest absolute Gasteiger partial charge is 0.259 e. The zero-order valence-electron chi connectivity index (χ0n) is 14.2. The average Bonchev–Trinajstić information content (AvgIpc) is 2.69. The Morgan fingerprint density at radius 1 is 0.607 bits per heavy atom. The molecule has 0 bridgehead atoms. The van der Waals surface area contributed by atoms with Gasteiger partial charge in [-0.15, -0.1) is 0 Å². The van der Waals surface area contributed by atoms with Crippen molar-refractivity contribution in [1.82, 2.24) is 15.2 Å². The molecule has 4 aromatic rings. The van der Waals surface area contributed by atoms with E-state index in [0.29, 0.717) is 16.7 Å². The number of hydrogen-bond acceptors (Lipinski definition) is 3. The molecule has 0 atom stereocenters. The van der Waals surface area contributed by atoms with Crippen molar-refractivity contribution in [3.05, 3.63) is 90.4 Å². The van der Waals surface area contributed by atoms with Gasteiger partial charge in [-0.25, -0.2) is 17.6 Å². The number of hydrogen-bond donors (Lipinski definition) is 0. The van der Waals surface area contributed by atoms with Gasteiger partial charge in [0.25, 0.3) is 0 Å². The van der Waals surface area contributed by atoms with E-state index in [9.17, 15) is 17.6 Å². The van der Waals surface area contributed by atoms with Crippen LogP contribution in [-0.4, -0.2) is 15.2 Å². The maximum Gasteiger partial charge on any atom is 0.153 e. The van der Waals surface area contributed by atoms with Crippen LogP contribution in [0.4, 0.5) is 17.6 Å². The fraction of sp³-hybridized carbons (Fsp3) is 0. The fourth-order valence-electron chi connectivity index (χ4n) is 2.86. The predicted molar refractivity (Wildman–Crippen MR) is 96.0 cm³/mol. The van der Waals surface area contributed by atoms with Crippen molar-refractivity contribution in [2.75, 3.05) is 0 Å². The van der Waals surface area contributed by atoms with Crippen LogP contribution >= 0.6 is 0 Å². The number of pyridine rings is 1. The van der Waals surface area contributed by atoms with Crippen molar-refractivity contribution < 1.29 is 17.6 Å². The fourth-order valence-corrected chi connectivity index (χ4v) is 2.86. The molecule has 4 rings (SSSR count). The molecule has 0 aliphatic heterocycles. The van der Waals surface area contributed by atoms with Gasteiger partial charge < -0.3 is 0 Å². The molecule has 0 radical (unpaired) electrons. The summed E-state index contributed by atoms with van der Waals surface area (Å²) in [6.07, 6.45) is 3.18. The van der Waals surface area contributed by atoms with Gasteiger partial charge >= 0.3 is 0 Å². The molecule has 0 unspecified atom stereocenters. The van der Waals surface area contributed by atoms with Gasteiger partial charge in [0.05, 0.1) is 29.8 Å². The van der Waals surface area contributed by atoms with Gasteiger partial charge in [0.15, 0.2) is 11.6 Å². The van der Waals surface area contributed by atoms with E-state index in [1.165, 1.54) is 48.7 Å². The van der Waals surface area contributed by atoms with Crippen LogP contribution in [0.15, 0.2) is 67.1 Å². The molecule has 0 spiro atoms. The Morgan fingerprint density at radius 3 is 2.00 bits per heavy atom. The highest BCUT2D eigenvalue weighted by Gasteiger charge is 2.15. The summed E-state index contributed by atoms with van der Waals surface area (Å²) in [6, 6.07) is 11.2. The van der Waals surface area contributed by atoms with Crippen LogP contribution in [0.25, 0.3) is 33.5 Å². The quantitative estimate of drug-likeness (QED) is 0.444. The maximum atomic E-state index is 14.3. The van der Waals surface area contributed by atoms with E-state index in [1.807, 2.05) is 0 Å². The lowest BCUT2D eigenvalue weighted by Crippen LogP contribution is -1.96. The topological polar surface area (TPSA) is 38.7 Å². The van der Waals surface area contributed by atoms with E-state index in [1.54, 1.807) is 6.07 Å². The first-order valence-electron chi connectivity index (χ1n) is 8.21. The van der Waals surface area contributed by atoms with Crippen molar-refractivity contribution >= 4 is 0 Å². The molecule has 0 N–H and O–H groups in total. The minimum absolute atomic E-state index is 0.0115. The first kappa shape index (κ1) is 17.8. The predicted octanol–water partition coefficient (Wildman–Crippen LogP) is 5.43. The molecule has 0 aliphatic rings. The molecule has 2 aromatic carbocycles. The van der Waals surface area contributed by atoms with Crippen LogP contribution in [-0.2, 0) is 0 Å². The molecule has 0 saturated carbocycles. The Kier molecular flexibility index (Phi) is 4.57. The van der Waals surface area contributed by atoms with Crippen LogP contribution in [0.2, 0.25) is 0 Å². The average molecular weight is 381 g/mol. The van der Waals surface area contributed by atoms with Crippen molar-refractivity contribution in [2.45, 2.75) is 0 Å². The zero-order chi connectivity index (χ0) is 19.7. The summed E-state index contributed by atoms with van der Waals surface area (Å²) in [4.78, 5) is 3.45. The molecule has 0 aliphatic carbocycles. The smallest absolute Gasteiger partial charge is 0.153 e. The normalized spacial score (nSPS) is 10.9. The summed E-state index contributed by atoms with van der Waals surface area (Å²) in [6.45, 7) is 0. The molecule has 3 nitrogen and oxygen atoms in total. The molecule has 2 heterocycles. The second-order valence-electron chi connectivity index (χ2n) is 6.01. The molecule has 28 heavy (non-hydrogen) atoms. The first-order chi connectivity index (χ1) is 13.5. The lowest BCUT2D eigenvalue weighted by molar-refractivity contribution is 0.578. The van der Waals surface area contributed by atoms with Crippen LogP contribution in [0, 0.1) is 23.3 Å². The van der Waals surface area contributed by atoms with Crippen LogP contribution in [0.5, 0.6) is 0 Å². The molecule has 0 saturated heterocycles. The summed E-state index contributed by atoms with van der Waals surface area (Å²) in [5, 5.41) is 7.60. The Bertz CT molecular complexity index is 1140. The highest BCUT2D eigenvalue weighted by molar-refractivity contribution is 5.75. The number of halogens is 4. The summed E-state index contributed by atoms with van der Waals surface area (Å²) in [5.74, 6) is -2.64. The van der Waals surface area contributed by atoms with E-state index in [2.05, 4.69) is 15.2 Å². The molecule has 0 fully saturated rings. The summed E-state index contributed by atoms with van der Waals surface area (Å²) >= 11 is 0. The minimum Gasteiger partial charge on any atom is -0.259 e. The van der Waals surface area contributed by atoms with Crippen molar-refractivity contribution in [2.24, 2.45) is 0 Å². The number of benzene rings is 2. The molecule has 2 aromatic heterocycles. The lowest BCUT2D eigenvalue weighted by atomic mass is 9.98. The SMILES string of the molecule is Fc1ccc(-c2cc(-c3cnnc(-c4c(F)cncc4F)c3)ccc2F)cc1. The number of nitrogens with zero attached hydrogens (tertiary/aromatic N) is 3. The monoisotopic (exact) mass is 381 g/mol. The lowest BCUT2D eigenvalue weighted by Gasteiger charge is -2.09. The second-order valence-corrected chi connectivity index (χ2v) is 6.01. The molecular weight excluding hydrogens is 370 g/mol.